The van der Waals surface area contributed by atoms with Crippen LogP contribution in [0, 0.1) is 11.8 Å². The molecule has 1 heterocycles. The summed E-state index contributed by atoms with van der Waals surface area (Å²) in [5.74, 6) is 0.717. The Morgan fingerprint density at radius 1 is 0.712 bits per heavy atom. The van der Waals surface area contributed by atoms with E-state index in [4.69, 9.17) is 60.9 Å². The van der Waals surface area contributed by atoms with Gasteiger partial charge in [0.2, 0.25) is 0 Å². The Morgan fingerprint density at radius 3 is 1.78 bits per heavy atom. The third-order valence-corrected chi connectivity index (χ3v) is 12.7. The number of hydrogen-bond donors (Lipinski definition) is 3. The summed E-state index contributed by atoms with van der Waals surface area (Å²) in [4.78, 5) is 48.2. The summed E-state index contributed by atoms with van der Waals surface area (Å²) in [5.41, 5.74) is 3.93. The molecule has 2 amide bonds. The summed E-state index contributed by atoms with van der Waals surface area (Å²) in [6.07, 6.45) is 2.44. The maximum absolute atomic E-state index is 12.3. The third-order valence-electron chi connectivity index (χ3n) is 10.0. The van der Waals surface area contributed by atoms with Crippen molar-refractivity contribution in [3.05, 3.63) is 139 Å². The molecule has 1 unspecified atom stereocenters. The molecule has 0 bridgehead atoms. The molecule has 5 rings (SSSR count). The van der Waals surface area contributed by atoms with Crippen molar-refractivity contribution in [3.63, 3.8) is 0 Å². The largest absolute Gasteiger partial charge is 0.444 e. The van der Waals surface area contributed by atoms with E-state index in [1.165, 1.54) is 16.0 Å². The fourth-order valence-electron chi connectivity index (χ4n) is 6.79. The van der Waals surface area contributed by atoms with Crippen LogP contribution >= 0.6 is 70.0 Å². The highest BCUT2D eigenvalue weighted by molar-refractivity contribution is 7.78. The van der Waals surface area contributed by atoms with Crippen LogP contribution < -0.4 is 20.9 Å². The van der Waals surface area contributed by atoms with Gasteiger partial charge in [-0.2, -0.15) is 0 Å². The Kier molecular flexibility index (Phi) is 27.5. The monoisotopic (exact) mass is 1110 g/mol. The number of benzene rings is 4. The van der Waals surface area contributed by atoms with E-state index < -0.39 is 23.3 Å². The summed E-state index contributed by atoms with van der Waals surface area (Å²) in [7, 11) is 0. The number of thiazole rings is 1. The van der Waals surface area contributed by atoms with Gasteiger partial charge in [0.1, 0.15) is 17.2 Å². The first-order valence-electron chi connectivity index (χ1n) is 24.4. The molecule has 4 aromatic carbocycles. The van der Waals surface area contributed by atoms with E-state index in [1.54, 1.807) is 29.5 Å². The van der Waals surface area contributed by atoms with E-state index >= 15 is 0 Å². The number of carbonyl (C=O) groups excluding carboxylic acids is 3. The van der Waals surface area contributed by atoms with Crippen LogP contribution in [-0.2, 0) is 29.0 Å². The SMILES string of the molecule is CC(C)(C)OC(=O)NCCCNCc1ccccc1.CC(C)CC(N=C=S)C(=O)c1ccc(Cl)c(Cl)c1.CC(C)Cc1sc(N(CCCNC(=O)OC(C)(C)C)Cc2ccccc2)nc1-c1ccc(Cl)c(Cl)c1. The fourth-order valence-corrected chi connectivity index (χ4v) is 8.83. The lowest BCUT2D eigenvalue weighted by Crippen LogP contribution is -2.34. The first-order chi connectivity index (χ1) is 34.4. The molecule has 11 nitrogen and oxygen atoms in total. The molecule has 0 fully saturated rings. The Morgan fingerprint density at radius 2 is 1.26 bits per heavy atom. The first-order valence-corrected chi connectivity index (χ1v) is 27.2. The van der Waals surface area contributed by atoms with Crippen molar-refractivity contribution in [3.8, 4) is 11.3 Å². The van der Waals surface area contributed by atoms with E-state index in [2.05, 4.69) is 81.3 Å². The number of rotatable bonds is 21. The van der Waals surface area contributed by atoms with E-state index in [9.17, 15) is 14.4 Å². The van der Waals surface area contributed by atoms with Crippen LogP contribution in [0.4, 0.5) is 14.7 Å². The molecule has 3 N–H and O–H groups in total. The van der Waals surface area contributed by atoms with E-state index in [0.29, 0.717) is 57.0 Å². The average Bonchev–Trinajstić information content (AvgIpc) is 3.72. The summed E-state index contributed by atoms with van der Waals surface area (Å²) in [6, 6.07) is 30.6. The minimum absolute atomic E-state index is 0.111. The Bertz CT molecular complexity index is 2530. The third kappa shape index (κ3) is 25.5. The quantitative estimate of drug-likeness (QED) is 0.0284. The number of aromatic nitrogens is 1. The minimum atomic E-state index is -0.516. The predicted molar refractivity (Wildman–Crippen MR) is 309 cm³/mol. The molecule has 0 spiro atoms. The summed E-state index contributed by atoms with van der Waals surface area (Å²) >= 11 is 30.5. The number of hydrogen-bond acceptors (Lipinski definition) is 11. The van der Waals surface area contributed by atoms with Gasteiger partial charge in [0.05, 0.1) is 30.9 Å². The van der Waals surface area contributed by atoms with Crippen LogP contribution in [-0.4, -0.2) is 71.5 Å². The molecule has 0 radical (unpaired) electrons. The zero-order chi connectivity index (χ0) is 54.1. The number of alkyl carbamates (subject to hydrolysis) is 2. The molecule has 1 atom stereocenters. The molecule has 0 aliphatic carbocycles. The van der Waals surface area contributed by atoms with E-state index in [0.717, 1.165) is 61.8 Å². The van der Waals surface area contributed by atoms with Crippen LogP contribution in [0.5, 0.6) is 0 Å². The number of anilines is 1. The maximum Gasteiger partial charge on any atom is 0.407 e. The molecule has 0 saturated carbocycles. The van der Waals surface area contributed by atoms with Crippen molar-refractivity contribution in [1.82, 2.24) is 20.9 Å². The van der Waals surface area contributed by atoms with Gasteiger partial charge in [0, 0.05) is 48.7 Å². The second-order valence-corrected chi connectivity index (χ2v) is 22.9. The molecule has 1 aromatic heterocycles. The number of ketones is 1. The smallest absolute Gasteiger partial charge is 0.407 e. The number of halogens is 4. The van der Waals surface area contributed by atoms with Gasteiger partial charge in [-0.3, -0.25) is 4.79 Å². The van der Waals surface area contributed by atoms with Gasteiger partial charge in [0.15, 0.2) is 10.9 Å². The fraction of sp³-hybridized carbons (Fsp3) is 0.446. The molecule has 0 saturated heterocycles. The van der Waals surface area contributed by atoms with Gasteiger partial charge < -0.3 is 30.3 Å². The number of carbonyl (C=O) groups is 3. The summed E-state index contributed by atoms with van der Waals surface area (Å²) in [6.45, 7) is 23.9. The summed E-state index contributed by atoms with van der Waals surface area (Å²) in [5, 5.41) is 14.0. The second-order valence-electron chi connectivity index (χ2n) is 20.0. The molecule has 0 aliphatic rings. The molecule has 73 heavy (non-hydrogen) atoms. The van der Waals surface area contributed by atoms with Gasteiger partial charge in [-0.05, 0) is 139 Å². The molecular weight excluding hydrogens is 1040 g/mol. The average molecular weight is 1120 g/mol. The summed E-state index contributed by atoms with van der Waals surface area (Å²) < 4.78 is 10.5. The number of Topliss-reactive ketones (excluding diaryl/α,β-unsaturated/α-hetero) is 1. The van der Waals surface area contributed by atoms with Crippen LogP contribution in [0.25, 0.3) is 11.3 Å². The highest BCUT2D eigenvalue weighted by atomic mass is 35.5. The van der Waals surface area contributed by atoms with Crippen LogP contribution in [0.15, 0.2) is 102 Å². The maximum atomic E-state index is 12.3. The Hall–Kier alpha value is -4.56. The van der Waals surface area contributed by atoms with Gasteiger partial charge in [-0.15, -0.1) is 11.3 Å². The number of amides is 2. The first kappa shape index (κ1) is 62.7. The van der Waals surface area contributed by atoms with Gasteiger partial charge in [-0.1, -0.05) is 141 Å². The molecule has 0 aliphatic heterocycles. The normalized spacial score (nSPS) is 11.6. The zero-order valence-corrected chi connectivity index (χ0v) is 48.4. The lowest BCUT2D eigenvalue weighted by Gasteiger charge is -2.23. The van der Waals surface area contributed by atoms with E-state index in [-0.39, 0.29) is 11.9 Å². The van der Waals surface area contributed by atoms with Crippen molar-refractivity contribution >= 4 is 98.2 Å². The van der Waals surface area contributed by atoms with Crippen LogP contribution in [0.2, 0.25) is 20.1 Å². The number of thiocarbonyl (C=S) groups is 1. The number of nitrogens with zero attached hydrogens (tertiary/aromatic N) is 3. The lowest BCUT2D eigenvalue weighted by atomic mass is 9.96. The van der Waals surface area contributed by atoms with Gasteiger partial charge >= 0.3 is 12.2 Å². The van der Waals surface area contributed by atoms with Crippen LogP contribution in [0.1, 0.15) is 115 Å². The van der Waals surface area contributed by atoms with Crippen molar-refractivity contribution in [2.24, 2.45) is 16.8 Å². The van der Waals surface area contributed by atoms with Gasteiger partial charge in [-0.25, -0.2) is 19.6 Å². The topological polar surface area (TPSA) is 134 Å². The van der Waals surface area contributed by atoms with Crippen molar-refractivity contribution < 1.29 is 23.9 Å². The molecule has 5 aromatic rings. The second kappa shape index (κ2) is 32.0. The Balaban J connectivity index is 0.000000320. The number of aliphatic imine (C=N–C) groups is 1. The van der Waals surface area contributed by atoms with Gasteiger partial charge in [0.25, 0.3) is 0 Å². The number of nitrogens with one attached hydrogen (secondary N) is 3. The highest BCUT2D eigenvalue weighted by Crippen LogP contribution is 2.37. The number of isothiocyanates is 1. The predicted octanol–water partition coefficient (Wildman–Crippen LogP) is 15.6. The lowest BCUT2D eigenvalue weighted by molar-refractivity contribution is 0.0516. The molecule has 396 valence electrons. The molecule has 17 heteroatoms. The Labute approximate surface area is 463 Å². The van der Waals surface area contributed by atoms with Crippen molar-refractivity contribution in [1.29, 1.82) is 0 Å². The zero-order valence-electron chi connectivity index (χ0n) is 43.8. The minimum Gasteiger partial charge on any atom is -0.444 e. The van der Waals surface area contributed by atoms with Crippen molar-refractivity contribution in [2.75, 3.05) is 31.1 Å². The standard InChI is InChI=1S/C28H35Cl2N3O2S.C15H24N2O2.C13H13Cl2NOS/c1-19(2)16-24-25(21-12-13-22(29)23(30)17-21)32-26(36-24)33(18-20-10-7-6-8-11-20)15-9-14-31-27(34)35-28(3,4)5;1-15(2,3)19-14(18)17-11-7-10-16-12-13-8-5-4-6-9-13;1-8(2)5-12(16-7-18)13(17)9-3-4-10(14)11(15)6-9/h6-8,10-13,17,19H,9,14-16,18H2,1-5H3,(H,31,34);4-6,8-9,16H,7,10-12H2,1-3H3,(H,17,18);3-4,6,8,12H,5H2,1-2H3. The van der Waals surface area contributed by atoms with Crippen LogP contribution in [0.3, 0.4) is 0 Å². The highest BCUT2D eigenvalue weighted by Gasteiger charge is 2.23. The number of ether oxygens (including phenoxy) is 2. The van der Waals surface area contributed by atoms with E-state index in [1.807, 2.05) is 110 Å². The van der Waals surface area contributed by atoms with Crippen molar-refractivity contribution in [2.45, 2.75) is 125 Å². The molecular formula is C56H72Cl4N6O5S2.